The van der Waals surface area contributed by atoms with Crippen molar-refractivity contribution in [3.8, 4) is 0 Å². The lowest BCUT2D eigenvalue weighted by Gasteiger charge is -2.39. The van der Waals surface area contributed by atoms with E-state index in [0.29, 0.717) is 0 Å². The quantitative estimate of drug-likeness (QED) is 0.658. The maximum absolute atomic E-state index is 10.7. The molecule has 7 nitrogen and oxygen atoms in total. The molecule has 2 atom stereocenters. The summed E-state index contributed by atoms with van der Waals surface area (Å²) >= 11 is 0. The molecule has 2 fully saturated rings. The third-order valence-electron chi connectivity index (χ3n) is 6.42. The van der Waals surface area contributed by atoms with Gasteiger partial charge >= 0.3 is 0 Å². The Kier molecular flexibility index (Phi) is 5.97. The van der Waals surface area contributed by atoms with E-state index >= 15 is 0 Å². The monoisotopic (exact) mass is 418 g/mol. The van der Waals surface area contributed by atoms with Gasteiger partial charge in [0, 0.05) is 70.4 Å². The highest BCUT2D eigenvalue weighted by Crippen LogP contribution is 2.22. The topological polar surface area (TPSA) is 60.7 Å². The van der Waals surface area contributed by atoms with Crippen LogP contribution in [-0.4, -0.2) is 81.1 Å². The van der Waals surface area contributed by atoms with Crippen LogP contribution in [0.5, 0.6) is 0 Å². The number of rotatable bonds is 6. The lowest BCUT2D eigenvalue weighted by atomic mass is 10.1. The highest BCUT2D eigenvalue weighted by Gasteiger charge is 2.36. The molecule has 2 aliphatic rings. The van der Waals surface area contributed by atoms with Gasteiger partial charge in [0.25, 0.3) is 0 Å². The van der Waals surface area contributed by atoms with Gasteiger partial charge in [-0.05, 0) is 29.3 Å². The van der Waals surface area contributed by atoms with Crippen LogP contribution in [0.1, 0.15) is 11.1 Å². The largest absolute Gasteiger partial charge is 0.390 e. The number of benzene rings is 1. The van der Waals surface area contributed by atoms with Crippen LogP contribution in [0.25, 0.3) is 0 Å². The first-order valence-electron chi connectivity index (χ1n) is 11.1. The van der Waals surface area contributed by atoms with E-state index < -0.39 is 0 Å². The Morgan fingerprint density at radius 1 is 0.839 bits per heavy atom. The summed E-state index contributed by atoms with van der Waals surface area (Å²) in [4.78, 5) is 11.6. The van der Waals surface area contributed by atoms with Crippen molar-refractivity contribution in [2.75, 3.05) is 44.2 Å². The number of pyridine rings is 1. The number of anilines is 1. The summed E-state index contributed by atoms with van der Waals surface area (Å²) in [6, 6.07) is 17.0. The van der Waals surface area contributed by atoms with Crippen molar-refractivity contribution >= 4 is 5.82 Å². The molecule has 1 N–H and O–H groups in total. The van der Waals surface area contributed by atoms with Crippen molar-refractivity contribution in [3.05, 3.63) is 78.2 Å². The van der Waals surface area contributed by atoms with Gasteiger partial charge in [0.15, 0.2) is 0 Å². The number of likely N-dealkylation sites (tertiary alicyclic amines) is 1. The molecule has 0 aliphatic carbocycles. The molecule has 2 saturated heterocycles. The molecule has 2 aliphatic heterocycles. The molecule has 1 aromatic carbocycles. The molecule has 31 heavy (non-hydrogen) atoms. The lowest BCUT2D eigenvalue weighted by Crippen LogP contribution is -2.53. The maximum Gasteiger partial charge on any atom is 0.128 e. The van der Waals surface area contributed by atoms with Crippen LogP contribution in [0.4, 0.5) is 5.82 Å². The first-order chi connectivity index (χ1) is 15.2. The van der Waals surface area contributed by atoms with Gasteiger partial charge in [0.1, 0.15) is 5.82 Å². The van der Waals surface area contributed by atoms with Crippen molar-refractivity contribution in [2.24, 2.45) is 0 Å². The third-order valence-corrected chi connectivity index (χ3v) is 6.42. The van der Waals surface area contributed by atoms with Crippen LogP contribution in [0.15, 0.2) is 67.1 Å². The normalized spacial score (nSPS) is 22.8. The van der Waals surface area contributed by atoms with Gasteiger partial charge in [-0.3, -0.25) is 14.5 Å². The number of aliphatic hydroxyl groups is 1. The summed E-state index contributed by atoms with van der Waals surface area (Å²) in [6.45, 7) is 7.17. The predicted octanol–water partition coefficient (Wildman–Crippen LogP) is 1.69. The van der Waals surface area contributed by atoms with Gasteiger partial charge in [-0.1, -0.05) is 30.3 Å². The molecule has 0 amide bonds. The molecule has 2 unspecified atom stereocenters. The number of hydrogen-bond donors (Lipinski definition) is 1. The Morgan fingerprint density at radius 3 is 2.29 bits per heavy atom. The summed E-state index contributed by atoms with van der Waals surface area (Å²) in [6.07, 6.45) is 5.35. The van der Waals surface area contributed by atoms with E-state index in [0.717, 1.165) is 58.2 Å². The minimum absolute atomic E-state index is 0.213. The number of aromatic nitrogens is 3. The Bertz CT molecular complexity index is 938. The van der Waals surface area contributed by atoms with Gasteiger partial charge in [0.05, 0.1) is 12.6 Å². The zero-order valence-electron chi connectivity index (χ0n) is 17.8. The van der Waals surface area contributed by atoms with E-state index in [9.17, 15) is 5.11 Å². The van der Waals surface area contributed by atoms with Crippen LogP contribution < -0.4 is 4.90 Å². The van der Waals surface area contributed by atoms with Crippen molar-refractivity contribution in [1.29, 1.82) is 0 Å². The second-order valence-electron chi connectivity index (χ2n) is 8.56. The van der Waals surface area contributed by atoms with E-state index in [4.69, 9.17) is 0 Å². The fraction of sp³-hybridized carbons (Fsp3) is 0.417. The Labute approximate surface area is 183 Å². The van der Waals surface area contributed by atoms with Crippen LogP contribution in [0.3, 0.4) is 0 Å². The van der Waals surface area contributed by atoms with E-state index in [1.165, 1.54) is 11.1 Å². The molecule has 0 spiro atoms. The minimum atomic E-state index is -0.291. The van der Waals surface area contributed by atoms with E-state index in [2.05, 4.69) is 55.1 Å². The first-order valence-corrected chi connectivity index (χ1v) is 11.1. The van der Waals surface area contributed by atoms with Gasteiger partial charge in [-0.15, -0.1) is 0 Å². The SMILES string of the molecule is OC1CN(Cc2ccc(Cn3cccn3)cc2)CC1N1CCN(c2ccccn2)CC1. The van der Waals surface area contributed by atoms with Crippen molar-refractivity contribution in [2.45, 2.75) is 25.2 Å². The first kappa shape index (κ1) is 20.2. The number of piperazine rings is 1. The van der Waals surface area contributed by atoms with E-state index in [1.54, 1.807) is 0 Å². The Balaban J connectivity index is 1.13. The molecule has 7 heteroatoms. The number of hydrogen-bond acceptors (Lipinski definition) is 6. The highest BCUT2D eigenvalue weighted by atomic mass is 16.3. The van der Waals surface area contributed by atoms with Crippen LogP contribution in [0.2, 0.25) is 0 Å². The van der Waals surface area contributed by atoms with Crippen molar-refractivity contribution in [1.82, 2.24) is 24.6 Å². The maximum atomic E-state index is 10.7. The van der Waals surface area contributed by atoms with Crippen molar-refractivity contribution in [3.63, 3.8) is 0 Å². The smallest absolute Gasteiger partial charge is 0.128 e. The summed E-state index contributed by atoms with van der Waals surface area (Å²) in [7, 11) is 0. The summed E-state index contributed by atoms with van der Waals surface area (Å²) in [5.41, 5.74) is 2.54. The number of nitrogens with zero attached hydrogens (tertiary/aromatic N) is 6. The van der Waals surface area contributed by atoms with E-state index in [1.807, 2.05) is 41.5 Å². The van der Waals surface area contributed by atoms with Crippen LogP contribution in [0, 0.1) is 0 Å². The van der Waals surface area contributed by atoms with Crippen molar-refractivity contribution < 1.29 is 5.11 Å². The average molecular weight is 419 g/mol. The standard InChI is InChI=1S/C24H30N6O/c31-23-19-27(16-20-5-7-21(8-6-20)17-30-11-3-10-26-30)18-22(23)28-12-14-29(15-13-28)24-4-1-2-9-25-24/h1-11,22-23,31H,12-19H2. The average Bonchev–Trinajstić information content (AvgIpc) is 3.45. The minimum Gasteiger partial charge on any atom is -0.390 e. The highest BCUT2D eigenvalue weighted by molar-refractivity contribution is 5.38. The fourth-order valence-corrected chi connectivity index (χ4v) is 4.75. The second kappa shape index (κ2) is 9.18. The molecule has 3 aromatic rings. The van der Waals surface area contributed by atoms with Crippen LogP contribution in [-0.2, 0) is 13.1 Å². The zero-order chi connectivity index (χ0) is 21.0. The Hall–Kier alpha value is -2.74. The van der Waals surface area contributed by atoms with Gasteiger partial charge in [-0.25, -0.2) is 4.98 Å². The molecule has 0 radical (unpaired) electrons. The summed E-state index contributed by atoms with van der Waals surface area (Å²) in [5, 5.41) is 15.0. The summed E-state index contributed by atoms with van der Waals surface area (Å²) < 4.78 is 1.93. The summed E-state index contributed by atoms with van der Waals surface area (Å²) in [5.74, 6) is 1.05. The molecule has 2 aromatic heterocycles. The molecule has 0 bridgehead atoms. The molecule has 162 valence electrons. The van der Waals surface area contributed by atoms with Crippen LogP contribution >= 0.6 is 0 Å². The third kappa shape index (κ3) is 4.79. The molecule has 5 rings (SSSR count). The second-order valence-corrected chi connectivity index (χ2v) is 8.56. The van der Waals surface area contributed by atoms with Gasteiger partial charge in [0.2, 0.25) is 0 Å². The van der Waals surface area contributed by atoms with E-state index in [-0.39, 0.29) is 12.1 Å². The van der Waals surface area contributed by atoms with Gasteiger partial charge < -0.3 is 10.0 Å². The number of β-amino-alcohol motifs (C(OH)–C–C–N with tert-alkyl or cyclic N) is 1. The predicted molar refractivity (Wildman–Crippen MR) is 121 cm³/mol. The fourth-order valence-electron chi connectivity index (χ4n) is 4.75. The zero-order valence-corrected chi connectivity index (χ0v) is 17.8. The number of aliphatic hydroxyl groups excluding tert-OH is 1. The van der Waals surface area contributed by atoms with Gasteiger partial charge in [-0.2, -0.15) is 5.10 Å². The Morgan fingerprint density at radius 2 is 1.61 bits per heavy atom. The lowest BCUT2D eigenvalue weighted by molar-refractivity contribution is 0.0790. The molecule has 4 heterocycles. The molecular weight excluding hydrogens is 388 g/mol. The molecule has 0 saturated carbocycles. The molecular formula is C24H30N6O.